The number of carbonyl (C=O) groups excluding carboxylic acids is 1. The monoisotopic (exact) mass is 342 g/mol. The molecule has 0 fully saturated rings. The van der Waals surface area contributed by atoms with Gasteiger partial charge in [-0.15, -0.1) is 0 Å². The third kappa shape index (κ3) is 3.80. The summed E-state index contributed by atoms with van der Waals surface area (Å²) in [6, 6.07) is 4.39. The number of hydrogen-bond acceptors (Lipinski definition) is 2. The molecule has 1 aromatic rings. The topological polar surface area (TPSA) is 52.6 Å². The number of nitrogens with zero attached hydrogens (tertiary/aromatic N) is 1. The van der Waals surface area contributed by atoms with Crippen LogP contribution in [0.1, 0.15) is 17.5 Å². The van der Waals surface area contributed by atoms with Crippen molar-refractivity contribution in [2.24, 2.45) is 0 Å². The average Bonchev–Trinajstić information content (AvgIpc) is 2.45. The minimum atomic E-state index is -0.456. The number of hydrogen-bond donors (Lipinski definition) is 2. The molecule has 0 aliphatic carbocycles. The van der Waals surface area contributed by atoms with E-state index in [-0.39, 0.29) is 24.7 Å². The number of urea groups is 1. The molecule has 6 heteroatoms. The Morgan fingerprint density at radius 2 is 2.30 bits per heavy atom. The van der Waals surface area contributed by atoms with Crippen molar-refractivity contribution in [1.82, 2.24) is 10.2 Å². The fourth-order valence-electron chi connectivity index (χ4n) is 1.99. The molecule has 0 aromatic heterocycles. The molecule has 0 spiro atoms. The Morgan fingerprint density at radius 1 is 1.50 bits per heavy atom. The Labute approximate surface area is 125 Å². The van der Waals surface area contributed by atoms with E-state index in [1.807, 2.05) is 6.08 Å². The van der Waals surface area contributed by atoms with E-state index >= 15 is 0 Å². The first-order valence-corrected chi connectivity index (χ1v) is 7.15. The van der Waals surface area contributed by atoms with Crippen LogP contribution in [0.2, 0.25) is 0 Å². The summed E-state index contributed by atoms with van der Waals surface area (Å²) in [5.41, 5.74) is 0.921. The van der Waals surface area contributed by atoms with Gasteiger partial charge >= 0.3 is 6.03 Å². The Hall–Kier alpha value is -1.40. The highest BCUT2D eigenvalue weighted by Gasteiger charge is 2.16. The lowest BCUT2D eigenvalue weighted by molar-refractivity contribution is 0.201. The Morgan fingerprint density at radius 3 is 2.95 bits per heavy atom. The second-order valence-corrected chi connectivity index (χ2v) is 5.62. The molecule has 0 saturated heterocycles. The van der Waals surface area contributed by atoms with Gasteiger partial charge in [-0.25, -0.2) is 9.18 Å². The zero-order valence-corrected chi connectivity index (χ0v) is 12.5. The minimum absolute atomic E-state index is 0.165. The number of halogens is 2. The molecule has 2 rings (SSSR count). The molecular formula is C14H16BrFN2O2. The summed E-state index contributed by atoms with van der Waals surface area (Å²) in [7, 11) is 0. The van der Waals surface area contributed by atoms with Gasteiger partial charge < -0.3 is 15.3 Å². The molecule has 1 aliphatic rings. The fraction of sp³-hybridized carbons (Fsp3) is 0.357. The molecule has 2 amide bonds. The first kappa shape index (κ1) is 15.0. The molecule has 2 N–H and O–H groups in total. The maximum atomic E-state index is 13.5. The number of benzene rings is 1. The van der Waals surface area contributed by atoms with Crippen LogP contribution in [0, 0.1) is 5.82 Å². The Bertz CT molecular complexity index is 534. The van der Waals surface area contributed by atoms with Crippen molar-refractivity contribution in [3.05, 3.63) is 45.7 Å². The van der Waals surface area contributed by atoms with E-state index < -0.39 is 5.82 Å². The van der Waals surface area contributed by atoms with Crippen LogP contribution in [0.3, 0.4) is 0 Å². The summed E-state index contributed by atoms with van der Waals surface area (Å²) in [5.74, 6) is -0.456. The van der Waals surface area contributed by atoms with Crippen molar-refractivity contribution < 1.29 is 14.3 Å². The molecule has 0 atom stereocenters. The van der Waals surface area contributed by atoms with E-state index in [0.29, 0.717) is 18.7 Å². The molecular weight excluding hydrogens is 327 g/mol. The van der Waals surface area contributed by atoms with Gasteiger partial charge in [-0.2, -0.15) is 0 Å². The number of amides is 2. The number of nitrogens with one attached hydrogen (secondary N) is 1. The zero-order chi connectivity index (χ0) is 14.5. The molecule has 1 heterocycles. The maximum Gasteiger partial charge on any atom is 0.317 e. The van der Waals surface area contributed by atoms with Crippen LogP contribution in [0.5, 0.6) is 0 Å². The predicted molar refractivity (Wildman–Crippen MR) is 77.8 cm³/mol. The van der Waals surface area contributed by atoms with Crippen molar-refractivity contribution >= 4 is 22.0 Å². The summed E-state index contributed by atoms with van der Waals surface area (Å²) in [4.78, 5) is 13.7. The van der Waals surface area contributed by atoms with Crippen LogP contribution in [-0.4, -0.2) is 29.1 Å². The van der Waals surface area contributed by atoms with Crippen molar-refractivity contribution in [1.29, 1.82) is 0 Å². The molecule has 1 aromatic carbocycles. The lowest BCUT2D eigenvalue weighted by Gasteiger charge is -2.25. The van der Waals surface area contributed by atoms with E-state index in [1.54, 1.807) is 11.0 Å². The molecule has 0 radical (unpaired) electrons. The van der Waals surface area contributed by atoms with Crippen molar-refractivity contribution in [3.8, 4) is 0 Å². The largest absolute Gasteiger partial charge is 0.392 e. The summed E-state index contributed by atoms with van der Waals surface area (Å²) >= 11 is 3.38. The van der Waals surface area contributed by atoms with E-state index in [4.69, 9.17) is 5.11 Å². The van der Waals surface area contributed by atoms with Gasteiger partial charge in [0.05, 0.1) is 13.2 Å². The normalized spacial score (nSPS) is 14.9. The highest BCUT2D eigenvalue weighted by atomic mass is 79.9. The smallest absolute Gasteiger partial charge is 0.317 e. The van der Waals surface area contributed by atoms with E-state index in [1.165, 1.54) is 12.1 Å². The third-order valence-corrected chi connectivity index (χ3v) is 3.70. The zero-order valence-electron chi connectivity index (χ0n) is 10.9. The van der Waals surface area contributed by atoms with Gasteiger partial charge in [0.1, 0.15) is 5.82 Å². The Balaban J connectivity index is 1.90. The predicted octanol–water partition coefficient (Wildman–Crippen LogP) is 2.51. The van der Waals surface area contributed by atoms with Crippen LogP contribution >= 0.6 is 15.9 Å². The quantitative estimate of drug-likeness (QED) is 0.886. The van der Waals surface area contributed by atoms with Crippen molar-refractivity contribution in [3.63, 3.8) is 0 Å². The summed E-state index contributed by atoms with van der Waals surface area (Å²) < 4.78 is 14.5. The first-order valence-electron chi connectivity index (χ1n) is 6.35. The summed E-state index contributed by atoms with van der Waals surface area (Å²) in [5, 5.41) is 11.7. The standard InChI is InChI=1S/C14H16BrFN2O2/c15-12-2-1-5-18(8-12)14(20)17-7-10-3-4-11(9-19)13(16)6-10/h2-4,6,19H,1,5,7-9H2,(H,17,20). The molecule has 0 saturated carbocycles. The lowest BCUT2D eigenvalue weighted by Crippen LogP contribution is -2.42. The SMILES string of the molecule is O=C(NCc1ccc(CO)c(F)c1)N1CCC=C(Br)C1. The number of carbonyl (C=O) groups is 1. The van der Waals surface area contributed by atoms with Gasteiger partial charge in [0.2, 0.25) is 0 Å². The highest BCUT2D eigenvalue weighted by molar-refractivity contribution is 9.11. The van der Waals surface area contributed by atoms with Gasteiger partial charge in [0.25, 0.3) is 0 Å². The van der Waals surface area contributed by atoms with E-state index in [9.17, 15) is 9.18 Å². The lowest BCUT2D eigenvalue weighted by atomic mass is 10.1. The minimum Gasteiger partial charge on any atom is -0.392 e. The van der Waals surface area contributed by atoms with Crippen LogP contribution < -0.4 is 5.32 Å². The van der Waals surface area contributed by atoms with Crippen LogP contribution in [-0.2, 0) is 13.2 Å². The highest BCUT2D eigenvalue weighted by Crippen LogP contribution is 2.15. The molecule has 0 unspecified atom stereocenters. The third-order valence-electron chi connectivity index (χ3n) is 3.13. The number of aliphatic hydroxyl groups is 1. The van der Waals surface area contributed by atoms with Gasteiger partial charge in [0.15, 0.2) is 0 Å². The summed E-state index contributed by atoms with van der Waals surface area (Å²) in [6.45, 7) is 1.17. The number of rotatable bonds is 3. The van der Waals surface area contributed by atoms with Gasteiger partial charge in [-0.05, 0) is 18.1 Å². The van der Waals surface area contributed by atoms with Crippen LogP contribution in [0.15, 0.2) is 28.8 Å². The van der Waals surface area contributed by atoms with E-state index in [0.717, 1.165) is 10.9 Å². The molecule has 4 nitrogen and oxygen atoms in total. The molecule has 108 valence electrons. The molecule has 20 heavy (non-hydrogen) atoms. The second-order valence-electron chi connectivity index (χ2n) is 4.60. The second kappa shape index (κ2) is 6.85. The van der Waals surface area contributed by atoms with Crippen LogP contribution in [0.4, 0.5) is 9.18 Å². The Kier molecular flexibility index (Phi) is 5.14. The summed E-state index contributed by atoms with van der Waals surface area (Å²) in [6.07, 6.45) is 2.88. The first-order chi connectivity index (χ1) is 9.60. The molecule has 1 aliphatic heterocycles. The number of aliphatic hydroxyl groups excluding tert-OH is 1. The molecule has 0 bridgehead atoms. The van der Waals surface area contributed by atoms with E-state index in [2.05, 4.69) is 21.2 Å². The van der Waals surface area contributed by atoms with Crippen molar-refractivity contribution in [2.45, 2.75) is 19.6 Å². The van der Waals surface area contributed by atoms with Gasteiger partial charge in [0, 0.05) is 23.1 Å². The van der Waals surface area contributed by atoms with Gasteiger partial charge in [-0.3, -0.25) is 0 Å². The van der Waals surface area contributed by atoms with Crippen molar-refractivity contribution in [2.75, 3.05) is 13.1 Å². The van der Waals surface area contributed by atoms with Crippen LogP contribution in [0.25, 0.3) is 0 Å². The average molecular weight is 343 g/mol. The fourth-order valence-corrected chi connectivity index (χ4v) is 2.53. The van der Waals surface area contributed by atoms with Gasteiger partial charge in [-0.1, -0.05) is 34.1 Å². The maximum absolute atomic E-state index is 13.5.